The molecule has 1 unspecified atom stereocenters. The van der Waals surface area contributed by atoms with Crippen LogP contribution in [-0.4, -0.2) is 120 Å². The summed E-state index contributed by atoms with van der Waals surface area (Å²) in [5.41, 5.74) is 5.88. The second-order valence-electron chi connectivity index (χ2n) is 17.2. The second kappa shape index (κ2) is 19.2. The third kappa shape index (κ3) is 9.06. The van der Waals surface area contributed by atoms with Crippen LogP contribution in [0.15, 0.2) is 73.1 Å². The van der Waals surface area contributed by atoms with Crippen molar-refractivity contribution in [2.45, 2.75) is 75.5 Å². The molecule has 4 amide bonds. The number of methoxy groups -OCH3 is 2. The van der Waals surface area contributed by atoms with E-state index in [0.717, 1.165) is 81.7 Å². The highest BCUT2D eigenvalue weighted by Crippen LogP contribution is 2.37. The van der Waals surface area contributed by atoms with E-state index in [2.05, 4.69) is 81.3 Å². The van der Waals surface area contributed by atoms with Crippen molar-refractivity contribution < 1.29 is 38.1 Å². The molecule has 4 saturated heterocycles. The number of H-pyrrole nitrogens is 2. The van der Waals surface area contributed by atoms with Gasteiger partial charge in [-0.1, -0.05) is 48.5 Å². The number of nitrogens with zero attached hydrogens (tertiary/aromatic N) is 4. The van der Waals surface area contributed by atoms with Crippen LogP contribution in [0.4, 0.5) is 9.59 Å². The van der Waals surface area contributed by atoms with E-state index in [-0.39, 0.29) is 35.7 Å². The maximum Gasteiger partial charge on any atom is 0.407 e. The summed E-state index contributed by atoms with van der Waals surface area (Å²) in [5.74, 6) is 1.18. The average molecular weight is 873 g/mol. The van der Waals surface area contributed by atoms with Crippen molar-refractivity contribution in [3.8, 4) is 33.6 Å². The zero-order chi connectivity index (χ0) is 44.2. The van der Waals surface area contributed by atoms with Crippen molar-refractivity contribution in [2.24, 2.45) is 11.8 Å². The molecule has 0 spiro atoms. The Hall–Kier alpha value is -6.26. The number of aromatic amines is 2. The Morgan fingerprint density at radius 2 is 1.02 bits per heavy atom. The molecule has 4 aliphatic heterocycles. The largest absolute Gasteiger partial charge is 0.453 e. The molecule has 64 heavy (non-hydrogen) atoms. The molecule has 4 fully saturated rings. The molecule has 4 aliphatic rings. The van der Waals surface area contributed by atoms with Gasteiger partial charge >= 0.3 is 12.2 Å². The van der Waals surface area contributed by atoms with Gasteiger partial charge in [0, 0.05) is 45.1 Å². The maximum atomic E-state index is 14.0. The van der Waals surface area contributed by atoms with Gasteiger partial charge in [0.2, 0.25) is 11.8 Å². The Morgan fingerprint density at radius 1 is 0.594 bits per heavy atom. The minimum absolute atomic E-state index is 0.0281. The van der Waals surface area contributed by atoms with E-state index in [1.54, 1.807) is 0 Å². The molecule has 16 nitrogen and oxygen atoms in total. The van der Waals surface area contributed by atoms with Gasteiger partial charge in [-0.2, -0.15) is 0 Å². The molecule has 0 radical (unpaired) electrons. The monoisotopic (exact) mass is 872 g/mol. The van der Waals surface area contributed by atoms with Crippen LogP contribution in [0, 0.1) is 11.8 Å². The Labute approximate surface area is 371 Å². The fourth-order valence-corrected chi connectivity index (χ4v) is 9.96. The number of hydrogen-bond acceptors (Lipinski definition) is 10. The minimum atomic E-state index is -0.686. The van der Waals surface area contributed by atoms with Crippen molar-refractivity contribution in [3.63, 3.8) is 0 Å². The fraction of sp³-hybridized carbons (Fsp3) is 0.458. The van der Waals surface area contributed by atoms with Crippen molar-refractivity contribution in [3.05, 3.63) is 84.7 Å². The Balaban J connectivity index is 0.862. The zero-order valence-electron chi connectivity index (χ0n) is 36.3. The lowest BCUT2D eigenvalue weighted by Crippen LogP contribution is -2.53. The van der Waals surface area contributed by atoms with Gasteiger partial charge in [0.15, 0.2) is 0 Å². The summed E-state index contributed by atoms with van der Waals surface area (Å²) in [6, 6.07) is 19.3. The summed E-state index contributed by atoms with van der Waals surface area (Å²) in [6.07, 6.45) is 8.45. The van der Waals surface area contributed by atoms with Gasteiger partial charge in [-0.05, 0) is 103 Å². The summed E-state index contributed by atoms with van der Waals surface area (Å²) in [4.78, 5) is 72.8. The maximum absolute atomic E-state index is 14.0. The van der Waals surface area contributed by atoms with Gasteiger partial charge in [-0.15, -0.1) is 0 Å². The quantitative estimate of drug-likeness (QED) is 0.108. The highest BCUT2D eigenvalue weighted by atomic mass is 16.5. The number of ether oxygens (including phenoxy) is 4. The molecule has 6 heterocycles. The van der Waals surface area contributed by atoms with Gasteiger partial charge in [0.05, 0.1) is 50.1 Å². The van der Waals surface area contributed by atoms with Crippen LogP contribution >= 0.6 is 0 Å². The Bertz CT molecular complexity index is 2460. The number of fused-ring (bicyclic) bond motifs is 1. The topological polar surface area (TPSA) is 193 Å². The van der Waals surface area contributed by atoms with Gasteiger partial charge in [0.1, 0.15) is 23.7 Å². The summed E-state index contributed by atoms with van der Waals surface area (Å²) < 4.78 is 20.8. The number of nitrogens with one attached hydrogen (secondary N) is 4. The average Bonchev–Trinajstić information content (AvgIpc) is 4.20. The molecule has 16 heteroatoms. The number of carbonyl (C=O) groups is 4. The van der Waals surface area contributed by atoms with Crippen molar-refractivity contribution in [1.82, 2.24) is 40.4 Å². The lowest BCUT2D eigenvalue weighted by molar-refractivity contribution is -0.137. The number of benzene rings is 3. The van der Waals surface area contributed by atoms with E-state index in [1.807, 2.05) is 22.2 Å². The van der Waals surface area contributed by atoms with Gasteiger partial charge < -0.3 is 49.3 Å². The first-order chi connectivity index (χ1) is 31.3. The third-order valence-electron chi connectivity index (χ3n) is 13.5. The fourth-order valence-electron chi connectivity index (χ4n) is 9.96. The first kappa shape index (κ1) is 43.0. The van der Waals surface area contributed by atoms with Crippen LogP contribution in [0.1, 0.15) is 75.1 Å². The second-order valence-corrected chi connectivity index (χ2v) is 17.2. The number of imidazole rings is 2. The van der Waals surface area contributed by atoms with E-state index >= 15 is 0 Å². The van der Waals surface area contributed by atoms with Crippen LogP contribution in [0.25, 0.3) is 44.4 Å². The molecule has 0 saturated carbocycles. The van der Waals surface area contributed by atoms with Gasteiger partial charge in [0.25, 0.3) is 0 Å². The minimum Gasteiger partial charge on any atom is -0.453 e. The Morgan fingerprint density at radius 3 is 1.50 bits per heavy atom. The van der Waals surface area contributed by atoms with E-state index in [4.69, 9.17) is 28.9 Å². The number of carbonyl (C=O) groups excluding carboxylic acids is 4. The molecule has 9 rings (SSSR count). The lowest BCUT2D eigenvalue weighted by Gasteiger charge is -2.34. The molecule has 2 aromatic heterocycles. The van der Waals surface area contributed by atoms with Crippen LogP contribution in [-0.2, 0) is 28.5 Å². The molecule has 4 N–H and O–H groups in total. The summed E-state index contributed by atoms with van der Waals surface area (Å²) in [7, 11) is 2.62. The predicted octanol–water partition coefficient (Wildman–Crippen LogP) is 6.92. The molecule has 4 atom stereocenters. The molecule has 3 aromatic carbocycles. The molecule has 0 aliphatic carbocycles. The van der Waals surface area contributed by atoms with Crippen LogP contribution in [0.2, 0.25) is 0 Å². The predicted molar refractivity (Wildman–Crippen MR) is 238 cm³/mol. The van der Waals surface area contributed by atoms with E-state index < -0.39 is 24.3 Å². The highest BCUT2D eigenvalue weighted by Gasteiger charge is 2.41. The lowest BCUT2D eigenvalue weighted by atomic mass is 9.90. The highest BCUT2D eigenvalue weighted by molar-refractivity contribution is 5.91. The zero-order valence-corrected chi connectivity index (χ0v) is 36.3. The Kier molecular flexibility index (Phi) is 12.9. The molecule has 336 valence electrons. The van der Waals surface area contributed by atoms with E-state index in [1.165, 1.54) is 14.2 Å². The third-order valence-corrected chi connectivity index (χ3v) is 13.5. The molecule has 5 aromatic rings. The van der Waals surface area contributed by atoms with Crippen molar-refractivity contribution in [1.29, 1.82) is 0 Å². The van der Waals surface area contributed by atoms with Gasteiger partial charge in [-0.3, -0.25) is 9.59 Å². The van der Waals surface area contributed by atoms with E-state index in [0.29, 0.717) is 65.2 Å². The summed E-state index contributed by atoms with van der Waals surface area (Å²) in [5, 5.41) is 7.83. The first-order valence-electron chi connectivity index (χ1n) is 22.5. The molecular formula is C48H56N8O8. The standard InChI is InChI=1S/C48H56N8O8/c1-61-47(59)53-41(31-15-21-63-22-16-31)45(57)55-19-3-5-39(55)43-49-27-37(51-43)30-9-7-29(8-10-30)33-11-12-35-26-36(14-13-34(35)25-33)38-28-50-44(52-38)40-6-4-20-56(40)46(58)42(54-48(60)62-2)32-17-23-64-24-18-32/h7-14,25-28,31-32,39-42H,3-6,15-24H2,1-2H3,(H,49,51)(H,50,52)(H,53,59)(H,54,60)/t39?,40-,41-,42-/m0/s1. The number of rotatable bonds is 11. The summed E-state index contributed by atoms with van der Waals surface area (Å²) in [6.45, 7) is 3.42. The first-order valence-corrected chi connectivity index (χ1v) is 22.5. The molecular weight excluding hydrogens is 817 g/mol. The smallest absolute Gasteiger partial charge is 0.407 e. The number of amides is 4. The SMILES string of the molecule is COC(=O)N[C@H](C(=O)N1CCCC1c1ncc(-c2ccc(-c3ccc4cc(-c5cnc([C@@H]6CCCN6C(=O)[C@@H](NC(=O)OC)C6CCOCC6)[nH]5)ccc4c3)cc2)[nH]1)C1CCOCC1. The van der Waals surface area contributed by atoms with Crippen LogP contribution < -0.4 is 10.6 Å². The van der Waals surface area contributed by atoms with Crippen LogP contribution in [0.5, 0.6) is 0 Å². The van der Waals surface area contributed by atoms with E-state index in [9.17, 15) is 19.2 Å². The summed E-state index contributed by atoms with van der Waals surface area (Å²) >= 11 is 0. The van der Waals surface area contributed by atoms with Crippen molar-refractivity contribution in [2.75, 3.05) is 53.7 Å². The number of aromatic nitrogens is 4. The molecule has 0 bridgehead atoms. The number of hydrogen-bond donors (Lipinski definition) is 4. The normalized spacial score (nSPS) is 20.5. The van der Waals surface area contributed by atoms with Crippen LogP contribution in [0.3, 0.4) is 0 Å². The number of likely N-dealkylation sites (tertiary alicyclic amines) is 2. The number of alkyl carbamates (subject to hydrolysis) is 2. The van der Waals surface area contributed by atoms with Gasteiger partial charge in [-0.25, -0.2) is 19.6 Å². The van der Waals surface area contributed by atoms with Crippen molar-refractivity contribution >= 4 is 34.8 Å².